The molecule has 0 aromatic heterocycles. The Morgan fingerprint density at radius 3 is 2.36 bits per heavy atom. The summed E-state index contributed by atoms with van der Waals surface area (Å²) in [6.45, 7) is 0.454. The van der Waals surface area contributed by atoms with E-state index < -0.39 is 23.1 Å². The van der Waals surface area contributed by atoms with Crippen LogP contribution >= 0.6 is 0 Å². The largest absolute Gasteiger partial charge is 0.416 e. The van der Waals surface area contributed by atoms with E-state index >= 15 is 0 Å². The van der Waals surface area contributed by atoms with Crippen molar-refractivity contribution in [2.75, 3.05) is 13.2 Å². The lowest BCUT2D eigenvalue weighted by atomic mass is 9.91. The molecule has 0 aliphatic carbocycles. The third-order valence-electron chi connectivity index (χ3n) is 4.03. The van der Waals surface area contributed by atoms with E-state index in [9.17, 15) is 23.1 Å². The van der Waals surface area contributed by atoms with E-state index in [0.29, 0.717) is 11.1 Å². The second kappa shape index (κ2) is 6.46. The minimum atomic E-state index is -4.43. The minimum absolute atomic E-state index is 0.173. The fourth-order valence-corrected chi connectivity index (χ4v) is 2.49. The van der Waals surface area contributed by atoms with Crippen molar-refractivity contribution in [2.24, 2.45) is 0 Å². The van der Waals surface area contributed by atoms with Crippen LogP contribution in [-0.2, 0) is 16.5 Å². The molecule has 2 aromatic carbocycles. The van der Waals surface area contributed by atoms with Crippen LogP contribution < -0.4 is 0 Å². The molecule has 3 rings (SSSR count). The molecular weight excluding hydrogens is 333 g/mol. The first-order chi connectivity index (χ1) is 11.8. The van der Waals surface area contributed by atoms with Crippen molar-refractivity contribution < 1.29 is 27.8 Å². The molecule has 1 heterocycles. The molecule has 1 saturated heterocycles. The predicted molar refractivity (Wildman–Crippen MR) is 86.0 cm³/mol. The Morgan fingerprint density at radius 2 is 1.80 bits per heavy atom. The van der Waals surface area contributed by atoms with Gasteiger partial charge >= 0.3 is 6.18 Å². The Bertz CT molecular complexity index is 803. The van der Waals surface area contributed by atoms with Crippen LogP contribution in [0.4, 0.5) is 13.2 Å². The average Bonchev–Trinajstić information content (AvgIpc) is 2.57. The van der Waals surface area contributed by atoms with Gasteiger partial charge in [-0.3, -0.25) is 4.79 Å². The lowest BCUT2D eigenvalue weighted by Crippen LogP contribution is -2.46. The van der Waals surface area contributed by atoms with Crippen LogP contribution in [0.2, 0.25) is 0 Å². The van der Waals surface area contributed by atoms with Crippen molar-refractivity contribution in [2.45, 2.75) is 11.8 Å². The molecule has 1 N–H and O–H groups in total. The van der Waals surface area contributed by atoms with Crippen LogP contribution in [-0.4, -0.2) is 24.1 Å². The van der Waals surface area contributed by atoms with Gasteiger partial charge in [0.25, 0.3) is 0 Å². The molecular formula is C19H15F3O3. The number of halogens is 3. The standard InChI is InChI=1S/C19H15F3O3/c20-19(21,22)15-7-5-14(6-8-15)17(23)9-4-13-2-1-3-16(10-13)18(24)11-25-12-18/h1-10,24H,11-12H2/b9-4+. The maximum absolute atomic E-state index is 12.5. The number of carbonyl (C=O) groups excluding carboxylic acids is 1. The van der Waals surface area contributed by atoms with Gasteiger partial charge in [0, 0.05) is 5.56 Å². The number of hydrogen-bond acceptors (Lipinski definition) is 3. The van der Waals surface area contributed by atoms with E-state index in [1.54, 1.807) is 30.3 Å². The van der Waals surface area contributed by atoms with E-state index in [0.717, 1.165) is 24.3 Å². The summed E-state index contributed by atoms with van der Waals surface area (Å²) in [5.41, 5.74) is -0.217. The molecule has 3 nitrogen and oxygen atoms in total. The number of benzene rings is 2. The van der Waals surface area contributed by atoms with Crippen LogP contribution in [0.5, 0.6) is 0 Å². The van der Waals surface area contributed by atoms with E-state index in [-0.39, 0.29) is 18.8 Å². The van der Waals surface area contributed by atoms with Gasteiger partial charge in [0.05, 0.1) is 18.8 Å². The number of aliphatic hydroxyl groups is 1. The van der Waals surface area contributed by atoms with Crippen LogP contribution in [0.3, 0.4) is 0 Å². The van der Waals surface area contributed by atoms with Crippen molar-refractivity contribution in [3.63, 3.8) is 0 Å². The molecule has 0 atom stereocenters. The van der Waals surface area contributed by atoms with Gasteiger partial charge in [-0.25, -0.2) is 0 Å². The number of ether oxygens (including phenoxy) is 1. The van der Waals surface area contributed by atoms with E-state index in [4.69, 9.17) is 4.74 Å². The molecule has 0 saturated carbocycles. The second-order valence-electron chi connectivity index (χ2n) is 5.92. The lowest BCUT2D eigenvalue weighted by Gasteiger charge is -2.36. The predicted octanol–water partition coefficient (Wildman–Crippen LogP) is 3.82. The highest BCUT2D eigenvalue weighted by Gasteiger charge is 2.37. The van der Waals surface area contributed by atoms with Crippen molar-refractivity contribution in [3.05, 3.63) is 76.9 Å². The maximum Gasteiger partial charge on any atom is 0.416 e. The van der Waals surface area contributed by atoms with Crippen LogP contribution in [0.1, 0.15) is 27.0 Å². The number of carbonyl (C=O) groups is 1. The van der Waals surface area contributed by atoms with Crippen LogP contribution in [0, 0.1) is 0 Å². The summed E-state index contributed by atoms with van der Waals surface area (Å²) in [5.74, 6) is -0.398. The highest BCUT2D eigenvalue weighted by atomic mass is 19.4. The minimum Gasteiger partial charge on any atom is -0.380 e. The van der Waals surface area contributed by atoms with E-state index in [1.807, 2.05) is 0 Å². The first kappa shape index (κ1) is 17.4. The van der Waals surface area contributed by atoms with Gasteiger partial charge in [-0.05, 0) is 35.4 Å². The van der Waals surface area contributed by atoms with Crippen molar-refractivity contribution >= 4 is 11.9 Å². The summed E-state index contributed by atoms with van der Waals surface area (Å²) in [5, 5.41) is 10.2. The third-order valence-corrected chi connectivity index (χ3v) is 4.03. The molecule has 1 aliphatic heterocycles. The van der Waals surface area contributed by atoms with Gasteiger partial charge in [-0.15, -0.1) is 0 Å². The number of hydrogen-bond donors (Lipinski definition) is 1. The number of alkyl halides is 3. The molecule has 0 amide bonds. The van der Waals surface area contributed by atoms with Crippen molar-refractivity contribution in [1.29, 1.82) is 0 Å². The fourth-order valence-electron chi connectivity index (χ4n) is 2.49. The first-order valence-corrected chi connectivity index (χ1v) is 7.58. The molecule has 0 unspecified atom stereocenters. The summed E-state index contributed by atoms with van der Waals surface area (Å²) in [4.78, 5) is 12.1. The molecule has 0 radical (unpaired) electrons. The van der Waals surface area contributed by atoms with Gasteiger partial charge < -0.3 is 9.84 Å². The average molecular weight is 348 g/mol. The van der Waals surface area contributed by atoms with Crippen LogP contribution in [0.25, 0.3) is 6.08 Å². The third kappa shape index (κ3) is 3.81. The van der Waals surface area contributed by atoms with Gasteiger partial charge in [-0.1, -0.05) is 36.4 Å². The summed E-state index contributed by atoms with van der Waals surface area (Å²) in [6, 6.07) is 11.1. The SMILES string of the molecule is O=C(/C=C/c1cccc(C2(O)COC2)c1)c1ccc(C(F)(F)F)cc1. The Balaban J connectivity index is 1.73. The summed E-state index contributed by atoms with van der Waals surface area (Å²) in [6.07, 6.45) is -1.57. The normalized spacial score (nSPS) is 16.6. The number of ketones is 1. The van der Waals surface area contributed by atoms with Crippen molar-refractivity contribution in [3.8, 4) is 0 Å². The molecule has 25 heavy (non-hydrogen) atoms. The van der Waals surface area contributed by atoms with E-state index in [1.165, 1.54) is 6.08 Å². The molecule has 1 fully saturated rings. The Hall–Kier alpha value is -2.44. The molecule has 1 aliphatic rings. The summed E-state index contributed by atoms with van der Waals surface area (Å²) in [7, 11) is 0. The smallest absolute Gasteiger partial charge is 0.380 e. The maximum atomic E-state index is 12.5. The fraction of sp³-hybridized carbons (Fsp3) is 0.211. The monoisotopic (exact) mass is 348 g/mol. The zero-order valence-corrected chi connectivity index (χ0v) is 13.1. The topological polar surface area (TPSA) is 46.5 Å². The zero-order valence-electron chi connectivity index (χ0n) is 13.1. The highest BCUT2D eigenvalue weighted by molar-refractivity contribution is 6.06. The van der Waals surface area contributed by atoms with Gasteiger partial charge in [-0.2, -0.15) is 13.2 Å². The quantitative estimate of drug-likeness (QED) is 0.675. The molecule has 0 spiro atoms. The van der Waals surface area contributed by atoms with E-state index in [2.05, 4.69) is 0 Å². The van der Waals surface area contributed by atoms with Gasteiger partial charge in [0.2, 0.25) is 0 Å². The molecule has 6 heteroatoms. The van der Waals surface area contributed by atoms with Gasteiger partial charge in [0.1, 0.15) is 5.60 Å². The molecule has 0 bridgehead atoms. The van der Waals surface area contributed by atoms with Crippen LogP contribution in [0.15, 0.2) is 54.6 Å². The molecule has 130 valence electrons. The highest BCUT2D eigenvalue weighted by Crippen LogP contribution is 2.30. The second-order valence-corrected chi connectivity index (χ2v) is 5.92. The summed E-state index contributed by atoms with van der Waals surface area (Å²) >= 11 is 0. The number of rotatable bonds is 4. The molecule has 2 aromatic rings. The lowest BCUT2D eigenvalue weighted by molar-refractivity contribution is -0.184. The number of allylic oxidation sites excluding steroid dienone is 1. The Morgan fingerprint density at radius 1 is 1.12 bits per heavy atom. The Labute approximate surface area is 142 Å². The van der Waals surface area contributed by atoms with Crippen molar-refractivity contribution in [1.82, 2.24) is 0 Å². The zero-order chi connectivity index (χ0) is 18.1. The summed E-state index contributed by atoms with van der Waals surface area (Å²) < 4.78 is 42.6. The van der Waals surface area contributed by atoms with Gasteiger partial charge in [0.15, 0.2) is 5.78 Å². The Kier molecular flexibility index (Phi) is 4.49. The first-order valence-electron chi connectivity index (χ1n) is 7.58.